The van der Waals surface area contributed by atoms with Crippen LogP contribution in [0.5, 0.6) is 0 Å². The molecule has 0 saturated carbocycles. The quantitative estimate of drug-likeness (QED) is 0.139. The van der Waals surface area contributed by atoms with Gasteiger partial charge >= 0.3 is 0 Å². The lowest BCUT2D eigenvalue weighted by Crippen LogP contribution is -2.37. The summed E-state index contributed by atoms with van der Waals surface area (Å²) < 4.78 is 6.43. The zero-order chi connectivity index (χ0) is 19.0. The van der Waals surface area contributed by atoms with Crippen molar-refractivity contribution in [3.63, 3.8) is 0 Å². The predicted octanol–water partition coefficient (Wildman–Crippen LogP) is 7.29. The van der Waals surface area contributed by atoms with Crippen LogP contribution in [0, 0.1) is 0 Å². The lowest BCUT2D eigenvalue weighted by atomic mass is 10.4. The summed E-state index contributed by atoms with van der Waals surface area (Å²) in [6, 6.07) is 7.63. The molecule has 0 fully saturated rings. The molecule has 0 unspecified atom stereocenters. The second-order valence-corrected chi connectivity index (χ2v) is 15.5. The average molecular weight is 375 g/mol. The molecule has 0 atom stereocenters. The maximum absolute atomic E-state index is 6.43. The zero-order valence-corrected chi connectivity index (χ0v) is 18.2. The van der Waals surface area contributed by atoms with Crippen LogP contribution < -0.4 is 0 Å². The summed E-state index contributed by atoms with van der Waals surface area (Å²) in [5.41, 5.74) is 0. The summed E-state index contributed by atoms with van der Waals surface area (Å²) in [6.07, 6.45) is 14.6. The van der Waals surface area contributed by atoms with E-state index < -0.39 is 16.4 Å². The third kappa shape index (κ3) is 9.19. The fourth-order valence-corrected chi connectivity index (χ4v) is 10.5. The fraction of sp³-hybridized carbons (Fsp3) is 0.455. The lowest BCUT2D eigenvalue weighted by Gasteiger charge is -2.30. The highest BCUT2D eigenvalue weighted by Gasteiger charge is 2.31. The van der Waals surface area contributed by atoms with E-state index in [-0.39, 0.29) is 0 Å². The Morgan fingerprint density at radius 3 is 1.32 bits per heavy atom. The second kappa shape index (κ2) is 14.1. The van der Waals surface area contributed by atoms with E-state index in [0.717, 1.165) is 49.3 Å². The van der Waals surface area contributed by atoms with E-state index in [2.05, 4.69) is 57.7 Å². The maximum Gasteiger partial charge on any atom is 0.203 e. The molecule has 0 heterocycles. The molecule has 25 heavy (non-hydrogen) atoms. The smallest absolute Gasteiger partial charge is 0.203 e. The first kappa shape index (κ1) is 23.8. The molecule has 0 aliphatic heterocycles. The Kier molecular flexibility index (Phi) is 13.4. The third-order valence-electron chi connectivity index (χ3n) is 4.79. The van der Waals surface area contributed by atoms with Gasteiger partial charge in [-0.3, -0.25) is 0 Å². The monoisotopic (exact) mass is 374 g/mol. The Bertz CT molecular complexity index is 346. The number of allylic oxidation sites excluding steroid dienone is 6. The highest BCUT2D eigenvalue weighted by Crippen LogP contribution is 2.30. The van der Waals surface area contributed by atoms with E-state index >= 15 is 0 Å². The molecule has 0 saturated heterocycles. The summed E-state index contributed by atoms with van der Waals surface area (Å²) in [6.45, 7) is 24.5. The maximum atomic E-state index is 6.43. The van der Waals surface area contributed by atoms with E-state index in [0.29, 0.717) is 0 Å². The van der Waals surface area contributed by atoms with E-state index in [9.17, 15) is 0 Å². The molecule has 0 N–H and O–H groups in total. The van der Waals surface area contributed by atoms with Crippen LogP contribution >= 0.6 is 0 Å². The van der Waals surface area contributed by atoms with Crippen molar-refractivity contribution in [3.05, 3.63) is 75.9 Å². The van der Waals surface area contributed by atoms with Gasteiger partial charge in [-0.1, -0.05) is 48.9 Å². The molecule has 0 aliphatic rings. The van der Waals surface area contributed by atoms with Gasteiger partial charge in [0.2, 0.25) is 8.32 Å². The van der Waals surface area contributed by atoms with Gasteiger partial charge in [0.05, 0.1) is 8.07 Å². The lowest BCUT2D eigenvalue weighted by molar-refractivity contribution is 0.295. The Labute approximate surface area is 158 Å². The Balaban J connectivity index is 4.63. The van der Waals surface area contributed by atoms with Crippen LogP contribution in [-0.2, 0) is 4.43 Å². The first-order valence-electron chi connectivity index (χ1n) is 9.37. The number of rotatable bonds is 18. The van der Waals surface area contributed by atoms with Gasteiger partial charge in [-0.05, 0) is 42.7 Å². The summed E-state index contributed by atoms with van der Waals surface area (Å²) in [5, 5.41) is 0. The van der Waals surface area contributed by atoms with Gasteiger partial charge in [0.1, 0.15) is 0 Å². The first-order valence-corrected chi connectivity index (χ1v) is 14.7. The molecule has 0 spiro atoms. The molecule has 0 bridgehead atoms. The van der Waals surface area contributed by atoms with Crippen molar-refractivity contribution >= 4 is 16.4 Å². The number of hydrogen-bond donors (Lipinski definition) is 0. The molecule has 0 aromatic rings. The van der Waals surface area contributed by atoms with E-state index in [4.69, 9.17) is 4.43 Å². The van der Waals surface area contributed by atoms with Gasteiger partial charge in [0.15, 0.2) is 0 Å². The van der Waals surface area contributed by atoms with Crippen LogP contribution in [0.3, 0.4) is 0 Å². The van der Waals surface area contributed by atoms with Crippen LogP contribution in [0.15, 0.2) is 75.9 Å². The Hall–Kier alpha value is -1.17. The highest BCUT2D eigenvalue weighted by atomic mass is 28.4. The molecular weight excluding hydrogens is 336 g/mol. The minimum Gasteiger partial charge on any atom is -0.416 e. The average Bonchev–Trinajstić information content (AvgIpc) is 2.56. The van der Waals surface area contributed by atoms with Gasteiger partial charge in [-0.25, -0.2) is 0 Å². The van der Waals surface area contributed by atoms with Crippen molar-refractivity contribution in [2.24, 2.45) is 0 Å². The molecular formula is C22H38OSi2. The molecule has 3 heteroatoms. The van der Waals surface area contributed by atoms with E-state index in [1.54, 1.807) is 0 Å². The van der Waals surface area contributed by atoms with Crippen molar-refractivity contribution in [2.45, 2.75) is 55.2 Å². The molecule has 0 aliphatic carbocycles. The largest absolute Gasteiger partial charge is 0.416 e. The standard InChI is InChI=1S/C22H38OSi2/c1-7-16-24(17-8-2,18-9-3)22-14-13-15-23-25(19-10-4,20-11-5)21-12-6/h7-12H,1-6,13-22H2. The van der Waals surface area contributed by atoms with Crippen LogP contribution in [0.25, 0.3) is 0 Å². The van der Waals surface area contributed by atoms with Gasteiger partial charge in [0, 0.05) is 6.61 Å². The molecule has 0 aromatic carbocycles. The summed E-state index contributed by atoms with van der Waals surface area (Å²) in [5.74, 6) is 0. The van der Waals surface area contributed by atoms with Gasteiger partial charge in [0.25, 0.3) is 0 Å². The van der Waals surface area contributed by atoms with Gasteiger partial charge < -0.3 is 4.43 Å². The van der Waals surface area contributed by atoms with Crippen molar-refractivity contribution in [2.75, 3.05) is 6.61 Å². The first-order chi connectivity index (χ1) is 12.1. The van der Waals surface area contributed by atoms with Crippen molar-refractivity contribution in [3.8, 4) is 0 Å². The molecule has 140 valence electrons. The minimum absolute atomic E-state index is 0.836. The minimum atomic E-state index is -1.83. The second-order valence-electron chi connectivity index (χ2n) is 6.95. The Morgan fingerprint density at radius 1 is 0.560 bits per heavy atom. The SMILES string of the molecule is C=CC[Si](CC=C)(CC=C)CCCCO[Si](CC=C)(CC=C)CC=C. The molecule has 0 radical (unpaired) electrons. The molecule has 0 aromatic heterocycles. The number of hydrogen-bond acceptors (Lipinski definition) is 1. The molecule has 0 amide bonds. The topological polar surface area (TPSA) is 9.23 Å². The van der Waals surface area contributed by atoms with Gasteiger partial charge in [-0.15, -0.1) is 39.5 Å². The normalized spacial score (nSPS) is 11.5. The van der Waals surface area contributed by atoms with Gasteiger partial charge in [-0.2, -0.15) is 0 Å². The summed E-state index contributed by atoms with van der Waals surface area (Å²) >= 11 is 0. The predicted molar refractivity (Wildman–Crippen MR) is 122 cm³/mol. The Morgan fingerprint density at radius 2 is 0.960 bits per heavy atom. The van der Waals surface area contributed by atoms with Crippen LogP contribution in [0.2, 0.25) is 42.3 Å². The van der Waals surface area contributed by atoms with Crippen LogP contribution in [0.4, 0.5) is 0 Å². The summed E-state index contributed by atoms with van der Waals surface area (Å²) in [7, 11) is -3.21. The molecule has 1 nitrogen and oxygen atoms in total. The summed E-state index contributed by atoms with van der Waals surface area (Å²) in [4.78, 5) is 0. The van der Waals surface area contributed by atoms with Crippen molar-refractivity contribution in [1.29, 1.82) is 0 Å². The van der Waals surface area contributed by atoms with Crippen molar-refractivity contribution < 1.29 is 4.43 Å². The highest BCUT2D eigenvalue weighted by molar-refractivity contribution is 6.81. The molecule has 0 rings (SSSR count). The van der Waals surface area contributed by atoms with Crippen molar-refractivity contribution in [1.82, 2.24) is 0 Å². The fourth-order valence-electron chi connectivity index (χ4n) is 3.58. The van der Waals surface area contributed by atoms with E-state index in [1.807, 2.05) is 18.2 Å². The van der Waals surface area contributed by atoms with Crippen LogP contribution in [0.1, 0.15) is 12.8 Å². The van der Waals surface area contributed by atoms with Crippen LogP contribution in [-0.4, -0.2) is 23.0 Å². The zero-order valence-electron chi connectivity index (χ0n) is 16.2. The third-order valence-corrected chi connectivity index (χ3v) is 13.6. The number of unbranched alkanes of at least 4 members (excludes halogenated alkanes) is 1. The van der Waals surface area contributed by atoms with E-state index in [1.165, 1.54) is 12.5 Å².